The minimum absolute atomic E-state index is 0. The largest absolute Gasteiger partial charge is 0.501 e. The summed E-state index contributed by atoms with van der Waals surface area (Å²) in [6.45, 7) is 11.8. The first kappa shape index (κ1) is 42.7. The predicted octanol–water partition coefficient (Wildman–Crippen LogP) is 14.4. The number of benzene rings is 5. The fourth-order valence-corrected chi connectivity index (χ4v) is 11.5. The van der Waals surface area contributed by atoms with E-state index in [-0.39, 0.29) is 20.1 Å². The van der Waals surface area contributed by atoms with E-state index in [1.807, 2.05) is 24.4 Å². The van der Waals surface area contributed by atoms with Crippen molar-refractivity contribution in [3.05, 3.63) is 163 Å². The van der Waals surface area contributed by atoms with Gasteiger partial charge < -0.3 is 14.4 Å². The molecule has 8 aromatic rings. The SMILES string of the molecule is CC(C)Cc1cc(-c2[c-]cc(-c3ccccc3)cc2)ncc1[Si](C)(C)C.[Ir].[c-]1ccc2c(oc3cc(-c4ccccc4)ccc32)c1-c1cc(CC2CC3CCC2CC3)ccn1. The maximum absolute atomic E-state index is 6.46. The van der Waals surface area contributed by atoms with Crippen LogP contribution in [0, 0.1) is 35.8 Å². The number of furan rings is 1. The molecular formula is C56H56IrN2OSi-2. The third-order valence-corrected chi connectivity index (χ3v) is 15.0. The van der Waals surface area contributed by atoms with Gasteiger partial charge in [0.2, 0.25) is 0 Å². The molecule has 0 amide bonds. The number of hydrogen-bond acceptors (Lipinski definition) is 3. The summed E-state index contributed by atoms with van der Waals surface area (Å²) in [7, 11) is -1.39. The molecule has 1 atom stereocenters. The fraction of sp³-hybridized carbons (Fsp3) is 0.286. The molecule has 5 heteroatoms. The van der Waals surface area contributed by atoms with Gasteiger partial charge in [-0.3, -0.25) is 0 Å². The van der Waals surface area contributed by atoms with Crippen LogP contribution in [0.15, 0.2) is 144 Å². The van der Waals surface area contributed by atoms with E-state index >= 15 is 0 Å². The van der Waals surface area contributed by atoms with E-state index in [9.17, 15) is 0 Å². The van der Waals surface area contributed by atoms with Crippen LogP contribution in [0.2, 0.25) is 19.6 Å². The van der Waals surface area contributed by atoms with E-state index in [0.717, 1.165) is 68.6 Å². The first-order valence-electron chi connectivity index (χ1n) is 22.1. The number of pyridine rings is 2. The third-order valence-electron chi connectivity index (χ3n) is 12.9. The summed E-state index contributed by atoms with van der Waals surface area (Å²) in [6, 6.07) is 51.5. The van der Waals surface area contributed by atoms with Gasteiger partial charge in [-0.2, -0.15) is 0 Å². The second-order valence-corrected chi connectivity index (χ2v) is 23.8. The monoisotopic (exact) mass is 993 g/mol. The molecule has 0 spiro atoms. The Labute approximate surface area is 377 Å². The number of nitrogens with zero attached hydrogens (tertiary/aromatic N) is 2. The van der Waals surface area contributed by atoms with Crippen LogP contribution in [0.5, 0.6) is 0 Å². The Kier molecular flexibility index (Phi) is 13.0. The minimum atomic E-state index is -1.39. The molecule has 3 nitrogen and oxygen atoms in total. The third kappa shape index (κ3) is 9.60. The number of fused-ring (bicyclic) bond motifs is 6. The summed E-state index contributed by atoms with van der Waals surface area (Å²) >= 11 is 0. The van der Waals surface area contributed by atoms with Gasteiger partial charge in [-0.1, -0.05) is 164 Å². The van der Waals surface area contributed by atoms with Gasteiger partial charge in [0.25, 0.3) is 0 Å². The molecule has 3 fully saturated rings. The second-order valence-electron chi connectivity index (χ2n) is 18.7. The van der Waals surface area contributed by atoms with Crippen molar-refractivity contribution in [3.8, 4) is 44.8 Å². The van der Waals surface area contributed by atoms with Crippen molar-refractivity contribution in [2.75, 3.05) is 0 Å². The molecule has 1 unspecified atom stereocenters. The van der Waals surface area contributed by atoms with Gasteiger partial charge in [-0.25, -0.2) is 0 Å². The van der Waals surface area contributed by atoms with Gasteiger partial charge in [-0.15, -0.1) is 48.0 Å². The standard InChI is InChI=1S/C32H28NO.C24H28NSi.Ir/c1-2-5-23(6-3-1)25-13-14-27-28-7-4-8-29(32(28)34-31(27)20-25)30-19-22(15-16-33-30)18-26-17-21-9-11-24(26)12-10-21;1-18(2)15-22-16-23(25-17-24(22)26(3,4)5)21-13-11-20(12-14-21)19-9-7-6-8-10-19;/h1-7,13-16,19-21,24,26H,9-12,17-18H2;6-13,16-18H,15H2,1-5H3;/q2*-1;. The van der Waals surface area contributed by atoms with Crippen molar-refractivity contribution in [2.24, 2.45) is 23.7 Å². The molecule has 3 aliphatic carbocycles. The summed E-state index contributed by atoms with van der Waals surface area (Å²) < 4.78 is 6.46. The number of rotatable bonds is 9. The molecule has 5 aromatic carbocycles. The average Bonchev–Trinajstić information content (AvgIpc) is 3.65. The van der Waals surface area contributed by atoms with Gasteiger partial charge in [0.15, 0.2) is 0 Å². The van der Waals surface area contributed by atoms with Crippen LogP contribution in [0.4, 0.5) is 0 Å². The molecule has 3 saturated carbocycles. The first-order chi connectivity index (χ1) is 29.2. The van der Waals surface area contributed by atoms with E-state index in [4.69, 9.17) is 14.4 Å². The number of hydrogen-bond donors (Lipinski definition) is 0. The Bertz CT molecular complexity index is 2710. The summed E-state index contributed by atoms with van der Waals surface area (Å²) in [4.78, 5) is 9.53. The summed E-state index contributed by atoms with van der Waals surface area (Å²) in [5.74, 6) is 3.37. The van der Waals surface area contributed by atoms with Crippen molar-refractivity contribution in [3.63, 3.8) is 0 Å². The molecule has 3 aliphatic rings. The van der Waals surface area contributed by atoms with Crippen LogP contribution >= 0.6 is 0 Å². The maximum Gasteiger partial charge on any atom is 0.121 e. The zero-order valence-electron chi connectivity index (χ0n) is 36.2. The van der Waals surface area contributed by atoms with Crippen LogP contribution in [0.1, 0.15) is 57.1 Å². The average molecular weight is 993 g/mol. The number of aromatic nitrogens is 2. The van der Waals surface area contributed by atoms with Crippen molar-refractivity contribution in [1.82, 2.24) is 9.97 Å². The Morgan fingerprint density at radius 1 is 0.705 bits per heavy atom. The summed E-state index contributed by atoms with van der Waals surface area (Å²) in [6.07, 6.45) is 13.6. The Morgan fingerprint density at radius 3 is 2.08 bits per heavy atom. The summed E-state index contributed by atoms with van der Waals surface area (Å²) in [5, 5.41) is 3.75. The summed E-state index contributed by atoms with van der Waals surface area (Å²) in [5.41, 5.74) is 13.4. The molecule has 11 rings (SSSR count). The fourth-order valence-electron chi connectivity index (χ4n) is 9.87. The van der Waals surface area contributed by atoms with E-state index < -0.39 is 8.07 Å². The minimum Gasteiger partial charge on any atom is -0.501 e. The maximum atomic E-state index is 6.46. The van der Waals surface area contributed by atoms with Crippen LogP contribution in [-0.4, -0.2) is 18.0 Å². The Morgan fingerprint density at radius 2 is 1.43 bits per heavy atom. The molecular weight excluding hydrogens is 937 g/mol. The first-order valence-corrected chi connectivity index (χ1v) is 25.6. The van der Waals surface area contributed by atoms with Crippen molar-refractivity contribution in [2.45, 2.75) is 78.4 Å². The van der Waals surface area contributed by atoms with Crippen molar-refractivity contribution < 1.29 is 24.5 Å². The van der Waals surface area contributed by atoms with E-state index in [2.05, 4.69) is 161 Å². The van der Waals surface area contributed by atoms with Crippen LogP contribution in [0.3, 0.4) is 0 Å². The molecule has 311 valence electrons. The van der Waals surface area contributed by atoms with Crippen LogP contribution < -0.4 is 5.19 Å². The quantitative estimate of drug-likeness (QED) is 0.107. The molecule has 0 N–H and O–H groups in total. The van der Waals surface area contributed by atoms with E-state index in [0.29, 0.717) is 5.92 Å². The van der Waals surface area contributed by atoms with Crippen molar-refractivity contribution in [1.29, 1.82) is 0 Å². The molecule has 0 aliphatic heterocycles. The normalized spacial score (nSPS) is 17.2. The second kappa shape index (κ2) is 18.6. The van der Waals surface area contributed by atoms with Crippen LogP contribution in [-0.2, 0) is 32.9 Å². The van der Waals surface area contributed by atoms with Gasteiger partial charge in [0.1, 0.15) is 5.58 Å². The molecule has 3 aromatic heterocycles. The van der Waals surface area contributed by atoms with Gasteiger partial charge in [0.05, 0.1) is 13.7 Å². The molecule has 2 bridgehead atoms. The van der Waals surface area contributed by atoms with E-state index in [1.165, 1.54) is 77.1 Å². The Balaban J connectivity index is 0.000000172. The molecule has 3 heterocycles. The topological polar surface area (TPSA) is 38.9 Å². The van der Waals surface area contributed by atoms with E-state index in [1.54, 1.807) is 0 Å². The molecule has 1 radical (unpaired) electrons. The van der Waals surface area contributed by atoms with Gasteiger partial charge in [0, 0.05) is 37.9 Å². The van der Waals surface area contributed by atoms with Gasteiger partial charge >= 0.3 is 0 Å². The molecule has 0 saturated heterocycles. The van der Waals surface area contributed by atoms with Crippen LogP contribution in [0.25, 0.3) is 66.7 Å². The predicted molar refractivity (Wildman–Crippen MR) is 254 cm³/mol. The zero-order chi connectivity index (χ0) is 41.2. The molecule has 61 heavy (non-hydrogen) atoms. The van der Waals surface area contributed by atoms with Crippen molar-refractivity contribution >= 4 is 35.2 Å². The zero-order valence-corrected chi connectivity index (χ0v) is 39.6. The van der Waals surface area contributed by atoms with Gasteiger partial charge in [-0.05, 0) is 95.6 Å². The Hall–Kier alpha value is -4.93. The smallest absolute Gasteiger partial charge is 0.121 e.